The molecule has 0 saturated heterocycles. The van der Waals surface area contributed by atoms with E-state index in [9.17, 15) is 0 Å². The smallest absolute Gasteiger partial charge is 0.0125 e. The molecule has 1 nitrogen and oxygen atoms in total. The molecule has 0 rings (SSSR count). The van der Waals surface area contributed by atoms with E-state index in [2.05, 4.69) is 20.8 Å². The average molecular weight is 199 g/mol. The number of hydrogen-bond donors (Lipinski definition) is 1. The van der Waals surface area contributed by atoms with Gasteiger partial charge in [0.25, 0.3) is 0 Å². The quantitative estimate of drug-likeness (QED) is 0.552. The van der Waals surface area contributed by atoms with E-state index in [-0.39, 0.29) is 5.54 Å². The van der Waals surface area contributed by atoms with E-state index in [0.717, 1.165) is 0 Å². The highest BCUT2D eigenvalue weighted by Gasteiger charge is 2.16. The number of hydrogen-bond acceptors (Lipinski definition) is 1. The molecule has 0 bridgehead atoms. The van der Waals surface area contributed by atoms with Crippen molar-refractivity contribution in [3.05, 3.63) is 0 Å². The van der Waals surface area contributed by atoms with E-state index < -0.39 is 0 Å². The van der Waals surface area contributed by atoms with Gasteiger partial charge in [0.05, 0.1) is 0 Å². The second kappa shape index (κ2) is 8.28. The van der Waals surface area contributed by atoms with E-state index in [4.69, 9.17) is 5.73 Å². The lowest BCUT2D eigenvalue weighted by Gasteiger charge is -2.24. The van der Waals surface area contributed by atoms with Gasteiger partial charge in [0.1, 0.15) is 0 Å². The Morgan fingerprint density at radius 2 is 1.29 bits per heavy atom. The third kappa shape index (κ3) is 8.55. The number of rotatable bonds is 9. The summed E-state index contributed by atoms with van der Waals surface area (Å²) in [6, 6.07) is 0. The van der Waals surface area contributed by atoms with Gasteiger partial charge in [-0.1, -0.05) is 58.8 Å². The van der Waals surface area contributed by atoms with Crippen LogP contribution in [0, 0.1) is 0 Å². The predicted octanol–water partition coefficient (Wildman–Crippen LogP) is 4.25. The van der Waals surface area contributed by atoms with Crippen LogP contribution >= 0.6 is 0 Å². The van der Waals surface area contributed by atoms with Crippen molar-refractivity contribution in [2.45, 2.75) is 84.1 Å². The Labute approximate surface area is 90.5 Å². The predicted molar refractivity (Wildman–Crippen MR) is 65.5 cm³/mol. The summed E-state index contributed by atoms with van der Waals surface area (Å²) >= 11 is 0. The molecule has 0 heterocycles. The molecule has 1 heteroatoms. The van der Waals surface area contributed by atoms with Crippen LogP contribution in [0.3, 0.4) is 0 Å². The van der Waals surface area contributed by atoms with E-state index in [1.165, 1.54) is 57.8 Å². The van der Waals surface area contributed by atoms with Crippen LogP contribution in [0.15, 0.2) is 0 Å². The maximum atomic E-state index is 6.22. The maximum absolute atomic E-state index is 6.22. The molecule has 2 N–H and O–H groups in total. The van der Waals surface area contributed by atoms with Crippen LogP contribution in [-0.4, -0.2) is 5.54 Å². The topological polar surface area (TPSA) is 26.0 Å². The first kappa shape index (κ1) is 14.0. The number of unbranched alkanes of at least 4 members (excludes halogenated alkanes) is 5. The Bertz CT molecular complexity index is 118. The lowest BCUT2D eigenvalue weighted by atomic mass is 9.90. The molecule has 0 saturated carbocycles. The molecular formula is C13H29N. The van der Waals surface area contributed by atoms with Gasteiger partial charge in [-0.05, 0) is 19.8 Å². The average Bonchev–Trinajstić information content (AvgIpc) is 2.15. The second-order valence-electron chi connectivity index (χ2n) is 4.92. The molecule has 1 atom stereocenters. The van der Waals surface area contributed by atoms with Gasteiger partial charge in [-0.2, -0.15) is 0 Å². The first-order valence-electron chi connectivity index (χ1n) is 6.41. The summed E-state index contributed by atoms with van der Waals surface area (Å²) in [5.74, 6) is 0. The third-order valence-corrected chi connectivity index (χ3v) is 2.95. The minimum atomic E-state index is 0.0994. The van der Waals surface area contributed by atoms with E-state index in [1.54, 1.807) is 0 Å². The van der Waals surface area contributed by atoms with Crippen LogP contribution in [0.1, 0.15) is 78.6 Å². The van der Waals surface area contributed by atoms with Crippen molar-refractivity contribution < 1.29 is 0 Å². The van der Waals surface area contributed by atoms with Gasteiger partial charge < -0.3 is 5.73 Å². The largest absolute Gasteiger partial charge is 0.325 e. The van der Waals surface area contributed by atoms with Crippen LogP contribution in [-0.2, 0) is 0 Å². The summed E-state index contributed by atoms with van der Waals surface area (Å²) in [6.45, 7) is 6.70. The molecule has 0 spiro atoms. The molecule has 0 radical (unpaired) electrons. The van der Waals surface area contributed by atoms with Gasteiger partial charge in [-0.3, -0.25) is 0 Å². The lowest BCUT2D eigenvalue weighted by molar-refractivity contribution is 0.370. The maximum Gasteiger partial charge on any atom is 0.0125 e. The highest BCUT2D eigenvalue weighted by molar-refractivity contribution is 4.77. The van der Waals surface area contributed by atoms with Crippen molar-refractivity contribution >= 4 is 0 Å². The van der Waals surface area contributed by atoms with Crippen molar-refractivity contribution in [1.82, 2.24) is 0 Å². The molecule has 14 heavy (non-hydrogen) atoms. The van der Waals surface area contributed by atoms with Crippen LogP contribution in [0.5, 0.6) is 0 Å². The van der Waals surface area contributed by atoms with E-state index in [1.807, 2.05) is 0 Å². The summed E-state index contributed by atoms with van der Waals surface area (Å²) in [4.78, 5) is 0. The van der Waals surface area contributed by atoms with Gasteiger partial charge >= 0.3 is 0 Å². The molecule has 0 fully saturated rings. The van der Waals surface area contributed by atoms with Crippen LogP contribution in [0.25, 0.3) is 0 Å². The van der Waals surface area contributed by atoms with Crippen molar-refractivity contribution in [1.29, 1.82) is 0 Å². The second-order valence-corrected chi connectivity index (χ2v) is 4.92. The van der Waals surface area contributed by atoms with Gasteiger partial charge in [-0.15, -0.1) is 0 Å². The molecule has 0 aromatic rings. The first-order chi connectivity index (χ1) is 6.62. The SMILES string of the molecule is CCCCCCCC(C)(N)CCCC. The fraction of sp³-hybridized carbons (Fsp3) is 1.00. The molecule has 0 aliphatic carbocycles. The highest BCUT2D eigenvalue weighted by Crippen LogP contribution is 2.18. The molecule has 0 aromatic carbocycles. The molecule has 1 unspecified atom stereocenters. The number of nitrogens with two attached hydrogens (primary N) is 1. The van der Waals surface area contributed by atoms with Crippen molar-refractivity contribution in [3.8, 4) is 0 Å². The molecule has 86 valence electrons. The van der Waals surface area contributed by atoms with Gasteiger partial charge in [0, 0.05) is 5.54 Å². The minimum absolute atomic E-state index is 0.0994. The van der Waals surface area contributed by atoms with Gasteiger partial charge in [-0.25, -0.2) is 0 Å². The summed E-state index contributed by atoms with van der Waals surface area (Å²) in [6.07, 6.45) is 11.7. The van der Waals surface area contributed by atoms with Crippen molar-refractivity contribution in [2.75, 3.05) is 0 Å². The molecule has 0 aromatic heterocycles. The zero-order chi connectivity index (χ0) is 10.9. The van der Waals surface area contributed by atoms with E-state index >= 15 is 0 Å². The fourth-order valence-corrected chi connectivity index (χ4v) is 1.84. The lowest BCUT2D eigenvalue weighted by Crippen LogP contribution is -2.35. The Kier molecular flexibility index (Phi) is 8.26. The zero-order valence-corrected chi connectivity index (χ0v) is 10.4. The summed E-state index contributed by atoms with van der Waals surface area (Å²) in [5, 5.41) is 0. The summed E-state index contributed by atoms with van der Waals surface area (Å²) in [5.41, 5.74) is 6.32. The molecule has 0 aliphatic heterocycles. The van der Waals surface area contributed by atoms with Crippen LogP contribution < -0.4 is 5.73 Å². The molecule has 0 aliphatic rings. The van der Waals surface area contributed by atoms with Crippen LogP contribution in [0.4, 0.5) is 0 Å². The zero-order valence-electron chi connectivity index (χ0n) is 10.4. The minimum Gasteiger partial charge on any atom is -0.325 e. The Balaban J connectivity index is 3.35. The monoisotopic (exact) mass is 199 g/mol. The first-order valence-corrected chi connectivity index (χ1v) is 6.41. The summed E-state index contributed by atoms with van der Waals surface area (Å²) in [7, 11) is 0. The van der Waals surface area contributed by atoms with Crippen LogP contribution in [0.2, 0.25) is 0 Å². The fourth-order valence-electron chi connectivity index (χ4n) is 1.84. The van der Waals surface area contributed by atoms with Gasteiger partial charge in [0.15, 0.2) is 0 Å². The van der Waals surface area contributed by atoms with E-state index in [0.29, 0.717) is 0 Å². The Morgan fingerprint density at radius 1 is 0.786 bits per heavy atom. The standard InChI is InChI=1S/C13H29N/c1-4-6-8-9-10-12-13(3,14)11-7-5-2/h4-12,14H2,1-3H3. The van der Waals surface area contributed by atoms with Crippen molar-refractivity contribution in [2.24, 2.45) is 5.73 Å². The Hall–Kier alpha value is -0.0400. The third-order valence-electron chi connectivity index (χ3n) is 2.95. The normalized spacial score (nSPS) is 15.4. The molecule has 0 amide bonds. The van der Waals surface area contributed by atoms with Gasteiger partial charge in [0.2, 0.25) is 0 Å². The Morgan fingerprint density at radius 3 is 1.86 bits per heavy atom. The summed E-state index contributed by atoms with van der Waals surface area (Å²) < 4.78 is 0. The highest BCUT2D eigenvalue weighted by atomic mass is 14.7. The van der Waals surface area contributed by atoms with Crippen molar-refractivity contribution in [3.63, 3.8) is 0 Å². The molecular weight excluding hydrogens is 170 g/mol.